The molecule has 7 heteroatoms. The Kier molecular flexibility index (Phi) is 4.21. The number of rotatable bonds is 1. The maximum atomic E-state index is 10.8. The number of ether oxygens (including phenoxy) is 1. The van der Waals surface area contributed by atoms with Gasteiger partial charge in [0.25, 0.3) is 5.91 Å². The number of hydrogen-bond acceptors (Lipinski definition) is 5. The molecule has 0 bridgehead atoms. The van der Waals surface area contributed by atoms with Crippen molar-refractivity contribution >= 4 is 34.6 Å². The third-order valence-electron chi connectivity index (χ3n) is 2.37. The number of nitrogen functional groups attached to an aromatic ring is 1. The largest absolute Gasteiger partial charge is 0.482 e. The zero-order valence-electron chi connectivity index (χ0n) is 10.3. The van der Waals surface area contributed by atoms with Crippen molar-refractivity contribution in [3.63, 3.8) is 0 Å². The van der Waals surface area contributed by atoms with Crippen LogP contribution >= 0.6 is 11.3 Å². The van der Waals surface area contributed by atoms with Crippen molar-refractivity contribution < 1.29 is 19.4 Å². The van der Waals surface area contributed by atoms with Crippen LogP contribution in [0.3, 0.4) is 0 Å². The van der Waals surface area contributed by atoms with Gasteiger partial charge in [-0.15, -0.1) is 11.3 Å². The maximum Gasteiger partial charge on any atom is 0.345 e. The molecule has 4 N–H and O–H groups in total. The Bertz CT molecular complexity index is 625. The van der Waals surface area contributed by atoms with E-state index in [0.717, 1.165) is 0 Å². The highest BCUT2D eigenvalue weighted by atomic mass is 32.1. The summed E-state index contributed by atoms with van der Waals surface area (Å²) in [6.45, 7) is 0.0659. The van der Waals surface area contributed by atoms with E-state index in [0.29, 0.717) is 22.0 Å². The van der Waals surface area contributed by atoms with Crippen molar-refractivity contribution in [2.75, 3.05) is 17.7 Å². The fourth-order valence-electron chi connectivity index (χ4n) is 1.49. The lowest BCUT2D eigenvalue weighted by atomic mass is 10.2. The molecule has 1 aliphatic heterocycles. The van der Waals surface area contributed by atoms with E-state index in [1.807, 2.05) is 0 Å². The normalized spacial score (nSPS) is 12.3. The molecule has 0 saturated heterocycles. The number of carboxylic acids is 1. The Hall–Kier alpha value is -2.54. The fourth-order valence-corrected chi connectivity index (χ4v) is 2.05. The van der Waals surface area contributed by atoms with Crippen LogP contribution in [0.15, 0.2) is 35.7 Å². The summed E-state index contributed by atoms with van der Waals surface area (Å²) in [6, 6.07) is 8.42. The van der Waals surface area contributed by atoms with E-state index in [4.69, 9.17) is 15.6 Å². The number of nitrogens with two attached hydrogens (primary N) is 1. The zero-order valence-corrected chi connectivity index (χ0v) is 11.1. The molecule has 20 heavy (non-hydrogen) atoms. The van der Waals surface area contributed by atoms with Gasteiger partial charge in [-0.05, 0) is 23.6 Å². The fraction of sp³-hybridized carbons (Fsp3) is 0.0769. The molecule has 1 aromatic heterocycles. The first-order chi connectivity index (χ1) is 9.56. The Balaban J connectivity index is 0.000000160. The van der Waals surface area contributed by atoms with Crippen LogP contribution in [0.5, 0.6) is 5.75 Å². The van der Waals surface area contributed by atoms with E-state index in [2.05, 4.69) is 5.32 Å². The van der Waals surface area contributed by atoms with Gasteiger partial charge in [0.1, 0.15) is 10.6 Å². The van der Waals surface area contributed by atoms with E-state index in [1.54, 1.807) is 35.7 Å². The average Bonchev–Trinajstić information content (AvgIpc) is 2.94. The van der Waals surface area contributed by atoms with Gasteiger partial charge in [0.05, 0.1) is 5.69 Å². The van der Waals surface area contributed by atoms with Gasteiger partial charge in [0, 0.05) is 11.8 Å². The first-order valence-electron chi connectivity index (χ1n) is 5.65. The zero-order chi connectivity index (χ0) is 14.5. The molecule has 0 fully saturated rings. The molecule has 3 rings (SSSR count). The summed E-state index contributed by atoms with van der Waals surface area (Å²) in [5, 5.41) is 12.7. The number of fused-ring (bicyclic) bond motifs is 1. The lowest BCUT2D eigenvalue weighted by molar-refractivity contribution is -0.118. The van der Waals surface area contributed by atoms with Crippen LogP contribution in [-0.4, -0.2) is 23.6 Å². The lowest BCUT2D eigenvalue weighted by Crippen LogP contribution is -2.25. The second-order valence-electron chi connectivity index (χ2n) is 3.87. The summed E-state index contributed by atoms with van der Waals surface area (Å²) >= 11 is 1.23. The number of anilines is 2. The number of carbonyl (C=O) groups is 2. The maximum absolute atomic E-state index is 10.8. The second-order valence-corrected chi connectivity index (χ2v) is 4.82. The number of benzene rings is 1. The minimum atomic E-state index is -0.847. The average molecular weight is 292 g/mol. The summed E-state index contributed by atoms with van der Waals surface area (Å²) in [6.07, 6.45) is 0. The molecule has 2 aromatic rings. The Morgan fingerprint density at radius 1 is 1.40 bits per heavy atom. The van der Waals surface area contributed by atoms with Gasteiger partial charge in [-0.2, -0.15) is 0 Å². The van der Waals surface area contributed by atoms with Crippen LogP contribution in [0.1, 0.15) is 9.67 Å². The second kappa shape index (κ2) is 6.07. The number of nitrogens with one attached hydrogen (secondary N) is 1. The number of aromatic carboxylic acids is 1. The Morgan fingerprint density at radius 3 is 2.80 bits per heavy atom. The number of amides is 1. The van der Waals surface area contributed by atoms with Gasteiger partial charge in [0.15, 0.2) is 6.61 Å². The van der Waals surface area contributed by atoms with Crippen LogP contribution in [0.25, 0.3) is 0 Å². The van der Waals surface area contributed by atoms with E-state index in [1.165, 1.54) is 11.3 Å². The van der Waals surface area contributed by atoms with Crippen LogP contribution in [0.2, 0.25) is 0 Å². The van der Waals surface area contributed by atoms with Crippen molar-refractivity contribution in [3.8, 4) is 5.75 Å². The molecule has 104 valence electrons. The predicted octanol–water partition coefficient (Wildman–Crippen LogP) is 2.05. The highest BCUT2D eigenvalue weighted by Crippen LogP contribution is 2.29. The minimum absolute atomic E-state index is 0.0659. The molecule has 0 unspecified atom stereocenters. The summed E-state index contributed by atoms with van der Waals surface area (Å²) in [5.41, 5.74) is 6.83. The van der Waals surface area contributed by atoms with E-state index in [-0.39, 0.29) is 12.5 Å². The SMILES string of the molecule is Nc1ccc2c(c1)OCC(=O)N2.O=C(O)c1cccs1. The Labute approximate surface area is 118 Å². The number of carbonyl (C=O) groups excluding carboxylic acids is 1. The molecule has 1 aromatic carbocycles. The van der Waals surface area contributed by atoms with Crippen molar-refractivity contribution in [3.05, 3.63) is 40.6 Å². The van der Waals surface area contributed by atoms with Gasteiger partial charge in [-0.3, -0.25) is 4.79 Å². The van der Waals surface area contributed by atoms with Gasteiger partial charge < -0.3 is 20.9 Å². The van der Waals surface area contributed by atoms with E-state index >= 15 is 0 Å². The smallest absolute Gasteiger partial charge is 0.345 e. The number of carboxylic acid groups (broad SMARTS) is 1. The Morgan fingerprint density at radius 2 is 2.20 bits per heavy atom. The van der Waals surface area contributed by atoms with Crippen LogP contribution in [0, 0.1) is 0 Å². The van der Waals surface area contributed by atoms with E-state index in [9.17, 15) is 9.59 Å². The highest BCUT2D eigenvalue weighted by Gasteiger charge is 2.14. The van der Waals surface area contributed by atoms with Gasteiger partial charge in [-0.1, -0.05) is 6.07 Å². The van der Waals surface area contributed by atoms with Crippen molar-refractivity contribution in [1.29, 1.82) is 0 Å². The van der Waals surface area contributed by atoms with Crippen LogP contribution < -0.4 is 15.8 Å². The molecule has 0 spiro atoms. The third-order valence-corrected chi connectivity index (χ3v) is 3.23. The molecular weight excluding hydrogens is 280 g/mol. The summed E-state index contributed by atoms with van der Waals surface area (Å²) in [4.78, 5) is 21.3. The molecule has 1 aliphatic rings. The molecular formula is C13H12N2O4S. The summed E-state index contributed by atoms with van der Waals surface area (Å²) in [7, 11) is 0. The number of thiophene rings is 1. The first-order valence-corrected chi connectivity index (χ1v) is 6.53. The van der Waals surface area contributed by atoms with E-state index < -0.39 is 5.97 Å². The first kappa shape index (κ1) is 13.9. The molecule has 6 nitrogen and oxygen atoms in total. The summed E-state index contributed by atoms with van der Waals surface area (Å²) in [5.74, 6) is -0.345. The van der Waals surface area contributed by atoms with Crippen LogP contribution in [0.4, 0.5) is 11.4 Å². The molecule has 0 atom stereocenters. The molecule has 0 saturated carbocycles. The van der Waals surface area contributed by atoms with Crippen molar-refractivity contribution in [2.45, 2.75) is 0 Å². The standard InChI is InChI=1S/C8H8N2O2.C5H4O2S/c9-5-1-2-6-7(3-5)12-4-8(11)10-6;6-5(7)4-2-1-3-8-4/h1-3H,4,9H2,(H,10,11);1-3H,(H,6,7). The number of hydrogen-bond donors (Lipinski definition) is 3. The van der Waals surface area contributed by atoms with Gasteiger partial charge in [0.2, 0.25) is 0 Å². The highest BCUT2D eigenvalue weighted by molar-refractivity contribution is 7.11. The third kappa shape index (κ3) is 3.48. The van der Waals surface area contributed by atoms with Gasteiger partial charge in [-0.25, -0.2) is 4.79 Å². The summed E-state index contributed by atoms with van der Waals surface area (Å²) < 4.78 is 5.12. The molecule has 0 aliphatic carbocycles. The minimum Gasteiger partial charge on any atom is -0.482 e. The topological polar surface area (TPSA) is 102 Å². The van der Waals surface area contributed by atoms with Gasteiger partial charge >= 0.3 is 5.97 Å². The monoisotopic (exact) mass is 292 g/mol. The van der Waals surface area contributed by atoms with Crippen molar-refractivity contribution in [1.82, 2.24) is 0 Å². The molecule has 0 radical (unpaired) electrons. The lowest BCUT2D eigenvalue weighted by Gasteiger charge is -2.17. The molecule has 2 heterocycles. The van der Waals surface area contributed by atoms with Crippen molar-refractivity contribution in [2.24, 2.45) is 0 Å². The van der Waals surface area contributed by atoms with Crippen LogP contribution in [-0.2, 0) is 4.79 Å². The molecule has 1 amide bonds. The predicted molar refractivity (Wildman–Crippen MR) is 76.3 cm³/mol. The quantitative estimate of drug-likeness (QED) is 0.698.